The molecule has 1 fully saturated rings. The van der Waals surface area contributed by atoms with E-state index in [4.69, 9.17) is 5.11 Å². The molecule has 0 aromatic heterocycles. The second-order valence-corrected chi connectivity index (χ2v) is 4.16. The van der Waals surface area contributed by atoms with Crippen LogP contribution in [0.5, 0.6) is 0 Å². The molecule has 94 valence electrons. The van der Waals surface area contributed by atoms with E-state index in [1.807, 2.05) is 18.2 Å². The summed E-state index contributed by atoms with van der Waals surface area (Å²) in [4.78, 5) is 27.7. The maximum atomic E-state index is 11.1. The van der Waals surface area contributed by atoms with Crippen molar-refractivity contribution in [2.45, 2.75) is 18.9 Å². The number of amidine groups is 1. The van der Waals surface area contributed by atoms with Gasteiger partial charge >= 0.3 is 5.97 Å². The van der Waals surface area contributed by atoms with Crippen LogP contribution in [0.4, 0.5) is 5.69 Å². The standard InChI is InChI=1S/C13H14N2O3/c16-9-12(14-10-4-2-1-3-5-10)15-7-6-11(15)8-13(17)18/h1-5,9,11H,6-8H2,(H,17,18). The number of aliphatic imine (C=N–C) groups is 1. The summed E-state index contributed by atoms with van der Waals surface area (Å²) in [5.74, 6) is -0.548. The minimum Gasteiger partial charge on any atom is -0.481 e. The Morgan fingerprint density at radius 1 is 1.44 bits per heavy atom. The zero-order valence-electron chi connectivity index (χ0n) is 9.82. The van der Waals surface area contributed by atoms with Gasteiger partial charge in [0.15, 0.2) is 12.1 Å². The first-order chi connectivity index (χ1) is 8.70. The molecule has 1 saturated heterocycles. The summed E-state index contributed by atoms with van der Waals surface area (Å²) >= 11 is 0. The normalized spacial score (nSPS) is 19.2. The molecule has 1 aromatic carbocycles. The number of nitrogens with zero attached hydrogens (tertiary/aromatic N) is 2. The molecule has 1 aliphatic heterocycles. The molecule has 0 aliphatic carbocycles. The number of hydrogen-bond donors (Lipinski definition) is 1. The number of hydrogen-bond acceptors (Lipinski definition) is 3. The van der Waals surface area contributed by atoms with E-state index < -0.39 is 5.97 Å². The summed E-state index contributed by atoms with van der Waals surface area (Å²) in [6.07, 6.45) is 1.51. The van der Waals surface area contributed by atoms with Crippen LogP contribution in [-0.4, -0.2) is 40.7 Å². The SMILES string of the molecule is O=CC(=Nc1ccccc1)N1CCC1CC(=O)O. The van der Waals surface area contributed by atoms with E-state index in [0.29, 0.717) is 24.4 Å². The van der Waals surface area contributed by atoms with Gasteiger partial charge < -0.3 is 10.0 Å². The number of benzene rings is 1. The highest BCUT2D eigenvalue weighted by Gasteiger charge is 2.32. The maximum Gasteiger partial charge on any atom is 0.305 e. The molecule has 0 spiro atoms. The largest absolute Gasteiger partial charge is 0.481 e. The lowest BCUT2D eigenvalue weighted by Gasteiger charge is -2.41. The number of carbonyl (C=O) groups excluding carboxylic acids is 1. The number of aliphatic carboxylic acids is 1. The van der Waals surface area contributed by atoms with Gasteiger partial charge in [-0.25, -0.2) is 4.99 Å². The summed E-state index contributed by atoms with van der Waals surface area (Å²) in [6, 6.07) is 9.04. The second kappa shape index (κ2) is 5.44. The number of carboxylic acids is 1. The number of carboxylic acid groups (broad SMARTS) is 1. The first-order valence-electron chi connectivity index (χ1n) is 5.78. The topological polar surface area (TPSA) is 70.0 Å². The molecule has 1 aliphatic rings. The van der Waals surface area contributed by atoms with Gasteiger partial charge in [-0.05, 0) is 18.6 Å². The molecule has 1 heterocycles. The lowest BCUT2D eigenvalue weighted by Crippen LogP contribution is -2.52. The van der Waals surface area contributed by atoms with Crippen LogP contribution in [0.1, 0.15) is 12.8 Å². The molecule has 1 unspecified atom stereocenters. The third-order valence-corrected chi connectivity index (χ3v) is 2.95. The van der Waals surface area contributed by atoms with Crippen LogP contribution in [0.25, 0.3) is 0 Å². The highest BCUT2D eigenvalue weighted by atomic mass is 16.4. The molecule has 1 aromatic rings. The molecule has 1 atom stereocenters. The Kier molecular flexibility index (Phi) is 3.72. The number of para-hydroxylation sites is 1. The van der Waals surface area contributed by atoms with Gasteiger partial charge in [0.25, 0.3) is 0 Å². The van der Waals surface area contributed by atoms with Crippen molar-refractivity contribution < 1.29 is 14.7 Å². The van der Waals surface area contributed by atoms with Crippen LogP contribution in [0.2, 0.25) is 0 Å². The van der Waals surface area contributed by atoms with Crippen molar-refractivity contribution in [3.05, 3.63) is 30.3 Å². The third-order valence-electron chi connectivity index (χ3n) is 2.95. The predicted molar refractivity (Wildman–Crippen MR) is 67.0 cm³/mol. The zero-order chi connectivity index (χ0) is 13.0. The summed E-state index contributed by atoms with van der Waals surface area (Å²) < 4.78 is 0. The molecule has 1 N–H and O–H groups in total. The third kappa shape index (κ3) is 2.74. The monoisotopic (exact) mass is 246 g/mol. The van der Waals surface area contributed by atoms with Crippen LogP contribution < -0.4 is 0 Å². The summed E-state index contributed by atoms with van der Waals surface area (Å²) in [7, 11) is 0. The van der Waals surface area contributed by atoms with E-state index >= 15 is 0 Å². The first-order valence-corrected chi connectivity index (χ1v) is 5.78. The van der Waals surface area contributed by atoms with Crippen molar-refractivity contribution >= 4 is 23.8 Å². The van der Waals surface area contributed by atoms with Gasteiger partial charge in [0.2, 0.25) is 0 Å². The van der Waals surface area contributed by atoms with Crippen molar-refractivity contribution in [1.29, 1.82) is 0 Å². The molecule has 0 amide bonds. The Morgan fingerprint density at radius 3 is 2.67 bits per heavy atom. The van der Waals surface area contributed by atoms with E-state index in [0.717, 1.165) is 6.42 Å². The lowest BCUT2D eigenvalue weighted by molar-refractivity contribution is -0.139. The van der Waals surface area contributed by atoms with E-state index in [9.17, 15) is 9.59 Å². The second-order valence-electron chi connectivity index (χ2n) is 4.16. The van der Waals surface area contributed by atoms with Crippen LogP contribution in [-0.2, 0) is 9.59 Å². The zero-order valence-corrected chi connectivity index (χ0v) is 9.82. The molecule has 5 nitrogen and oxygen atoms in total. The molecule has 2 rings (SSSR count). The number of rotatable bonds is 4. The molecule has 5 heteroatoms. The van der Waals surface area contributed by atoms with E-state index in [-0.39, 0.29) is 12.5 Å². The highest BCUT2D eigenvalue weighted by molar-refractivity contribution is 6.27. The molecule has 0 radical (unpaired) electrons. The van der Waals surface area contributed by atoms with Gasteiger partial charge in [0, 0.05) is 12.6 Å². The predicted octanol–water partition coefficient (Wildman–Crippen LogP) is 1.46. The van der Waals surface area contributed by atoms with Crippen molar-refractivity contribution in [1.82, 2.24) is 4.90 Å². The quantitative estimate of drug-likeness (QED) is 0.496. The van der Waals surface area contributed by atoms with Gasteiger partial charge in [-0.1, -0.05) is 18.2 Å². The molecule has 0 bridgehead atoms. The Balaban J connectivity index is 2.12. The van der Waals surface area contributed by atoms with Crippen molar-refractivity contribution in [2.24, 2.45) is 4.99 Å². The van der Waals surface area contributed by atoms with Gasteiger partial charge in [0.1, 0.15) is 0 Å². The summed E-state index contributed by atoms with van der Waals surface area (Å²) in [5.41, 5.74) is 0.695. The van der Waals surface area contributed by atoms with Gasteiger partial charge in [-0.3, -0.25) is 9.59 Å². The molecular weight excluding hydrogens is 232 g/mol. The van der Waals surface area contributed by atoms with E-state index in [1.165, 1.54) is 0 Å². The van der Waals surface area contributed by atoms with Crippen molar-refractivity contribution in [2.75, 3.05) is 6.54 Å². The average molecular weight is 246 g/mol. The Bertz CT molecular complexity index is 470. The molecular formula is C13H14N2O3. The molecule has 18 heavy (non-hydrogen) atoms. The number of aldehydes is 1. The Morgan fingerprint density at radius 2 is 2.17 bits per heavy atom. The number of carbonyl (C=O) groups is 2. The smallest absolute Gasteiger partial charge is 0.305 e. The average Bonchev–Trinajstić information content (AvgIpc) is 2.35. The fourth-order valence-corrected chi connectivity index (χ4v) is 1.95. The van der Waals surface area contributed by atoms with Gasteiger partial charge in [-0.15, -0.1) is 0 Å². The fourth-order valence-electron chi connectivity index (χ4n) is 1.95. The first kappa shape index (κ1) is 12.3. The molecule has 0 saturated carbocycles. The van der Waals surface area contributed by atoms with Gasteiger partial charge in [0.05, 0.1) is 12.1 Å². The van der Waals surface area contributed by atoms with Crippen LogP contribution in [0, 0.1) is 0 Å². The minimum absolute atomic E-state index is 0.0433. The Hall–Kier alpha value is -2.17. The summed E-state index contributed by atoms with van der Waals surface area (Å²) in [6.45, 7) is 0.683. The minimum atomic E-state index is -0.852. The van der Waals surface area contributed by atoms with Gasteiger partial charge in [-0.2, -0.15) is 0 Å². The van der Waals surface area contributed by atoms with Crippen LogP contribution in [0.3, 0.4) is 0 Å². The summed E-state index contributed by atoms with van der Waals surface area (Å²) in [5, 5.41) is 8.76. The van der Waals surface area contributed by atoms with Crippen LogP contribution in [0.15, 0.2) is 35.3 Å². The van der Waals surface area contributed by atoms with E-state index in [2.05, 4.69) is 4.99 Å². The highest BCUT2D eigenvalue weighted by Crippen LogP contribution is 2.22. The van der Waals surface area contributed by atoms with Crippen molar-refractivity contribution in [3.8, 4) is 0 Å². The van der Waals surface area contributed by atoms with Crippen molar-refractivity contribution in [3.63, 3.8) is 0 Å². The van der Waals surface area contributed by atoms with E-state index in [1.54, 1.807) is 17.0 Å². The lowest BCUT2D eigenvalue weighted by atomic mass is 9.99. The fraction of sp³-hybridized carbons (Fsp3) is 0.308. The number of likely N-dealkylation sites (tertiary alicyclic amines) is 1. The maximum absolute atomic E-state index is 11.1. The van der Waals surface area contributed by atoms with Crippen LogP contribution >= 0.6 is 0 Å². The Labute approximate surface area is 105 Å².